The monoisotopic (exact) mass is 171 g/mol. The van der Waals surface area contributed by atoms with Crippen LogP contribution in [0.5, 0.6) is 0 Å². The minimum absolute atomic E-state index is 0.209. The third kappa shape index (κ3) is 3.34. The van der Waals surface area contributed by atoms with Crippen molar-refractivity contribution >= 4 is 0 Å². The van der Waals surface area contributed by atoms with E-state index < -0.39 is 0 Å². The lowest BCUT2D eigenvalue weighted by atomic mass is 10.3. The Morgan fingerprint density at radius 1 is 1.67 bits per heavy atom. The molecule has 3 nitrogen and oxygen atoms in total. The van der Waals surface area contributed by atoms with Crippen molar-refractivity contribution in [2.45, 2.75) is 19.1 Å². The van der Waals surface area contributed by atoms with Crippen LogP contribution in [0, 0.1) is 0 Å². The molecule has 1 saturated heterocycles. The second-order valence-electron chi connectivity index (χ2n) is 3.00. The van der Waals surface area contributed by atoms with Gasteiger partial charge in [-0.05, 0) is 6.92 Å². The van der Waals surface area contributed by atoms with Crippen molar-refractivity contribution in [2.75, 3.05) is 26.4 Å². The summed E-state index contributed by atoms with van der Waals surface area (Å²) < 4.78 is 10.7. The van der Waals surface area contributed by atoms with Crippen molar-refractivity contribution in [1.29, 1.82) is 0 Å². The van der Waals surface area contributed by atoms with Crippen molar-refractivity contribution < 1.29 is 9.47 Å². The fourth-order valence-corrected chi connectivity index (χ4v) is 1.06. The molecule has 12 heavy (non-hydrogen) atoms. The first-order valence-corrected chi connectivity index (χ1v) is 4.38. The molecule has 1 aliphatic rings. The summed E-state index contributed by atoms with van der Waals surface area (Å²) in [7, 11) is 0. The predicted molar refractivity (Wildman–Crippen MR) is 48.2 cm³/mol. The maximum atomic E-state index is 5.45. The molecule has 1 rings (SSSR count). The van der Waals surface area contributed by atoms with E-state index in [0.29, 0.717) is 12.6 Å². The van der Waals surface area contributed by atoms with E-state index in [2.05, 4.69) is 18.8 Å². The number of nitrogens with one attached hydrogen (secondary N) is 1. The van der Waals surface area contributed by atoms with Crippen molar-refractivity contribution in [2.24, 2.45) is 0 Å². The molecule has 0 radical (unpaired) electrons. The van der Waals surface area contributed by atoms with Crippen LogP contribution in [0.2, 0.25) is 0 Å². The first kappa shape index (κ1) is 9.71. The molecule has 0 bridgehead atoms. The maximum Gasteiger partial charge on any atom is 0.0933 e. The molecule has 1 N–H and O–H groups in total. The molecule has 1 aliphatic heterocycles. The summed E-state index contributed by atoms with van der Waals surface area (Å²) in [6, 6.07) is 0.343. The van der Waals surface area contributed by atoms with Gasteiger partial charge in [0.25, 0.3) is 0 Å². The van der Waals surface area contributed by atoms with E-state index in [-0.39, 0.29) is 6.10 Å². The van der Waals surface area contributed by atoms with Gasteiger partial charge in [-0.1, -0.05) is 6.08 Å². The summed E-state index contributed by atoms with van der Waals surface area (Å²) in [5.74, 6) is 0. The summed E-state index contributed by atoms with van der Waals surface area (Å²) in [4.78, 5) is 0. The van der Waals surface area contributed by atoms with Gasteiger partial charge in [-0.3, -0.25) is 0 Å². The average Bonchev–Trinajstić information content (AvgIpc) is 2.16. The molecular formula is C9H17NO2. The van der Waals surface area contributed by atoms with Crippen LogP contribution < -0.4 is 5.32 Å². The summed E-state index contributed by atoms with van der Waals surface area (Å²) in [5, 5.41) is 3.28. The average molecular weight is 171 g/mol. The first-order valence-electron chi connectivity index (χ1n) is 4.38. The second kappa shape index (κ2) is 5.30. The zero-order valence-electron chi connectivity index (χ0n) is 7.58. The number of hydrogen-bond donors (Lipinski definition) is 1. The fraction of sp³-hybridized carbons (Fsp3) is 0.778. The highest BCUT2D eigenvalue weighted by Gasteiger charge is 2.13. The van der Waals surface area contributed by atoms with Gasteiger partial charge in [0.2, 0.25) is 0 Å². The Hall–Kier alpha value is -0.380. The van der Waals surface area contributed by atoms with E-state index in [9.17, 15) is 0 Å². The zero-order valence-corrected chi connectivity index (χ0v) is 7.58. The molecule has 0 aromatic rings. The molecule has 0 saturated carbocycles. The Morgan fingerprint density at radius 3 is 3.08 bits per heavy atom. The van der Waals surface area contributed by atoms with E-state index in [1.165, 1.54) is 0 Å². The smallest absolute Gasteiger partial charge is 0.0933 e. The fourth-order valence-electron chi connectivity index (χ4n) is 1.06. The highest BCUT2D eigenvalue weighted by molar-refractivity contribution is 4.82. The lowest BCUT2D eigenvalue weighted by Gasteiger charge is -2.24. The standard InChI is InChI=1S/C9H17NO2/c1-3-8(2)10-6-9-7-11-4-5-12-9/h3,8-10H,1,4-7H2,2H3. The minimum Gasteiger partial charge on any atom is -0.376 e. The molecular weight excluding hydrogens is 154 g/mol. The molecule has 1 heterocycles. The highest BCUT2D eigenvalue weighted by atomic mass is 16.6. The van der Waals surface area contributed by atoms with Crippen LogP contribution in [0.3, 0.4) is 0 Å². The summed E-state index contributed by atoms with van der Waals surface area (Å²) in [5.41, 5.74) is 0. The van der Waals surface area contributed by atoms with Gasteiger partial charge in [0.15, 0.2) is 0 Å². The largest absolute Gasteiger partial charge is 0.376 e. The van der Waals surface area contributed by atoms with E-state index in [0.717, 1.165) is 19.8 Å². The second-order valence-corrected chi connectivity index (χ2v) is 3.00. The Kier molecular flexibility index (Phi) is 4.29. The van der Waals surface area contributed by atoms with Crippen molar-refractivity contribution in [3.63, 3.8) is 0 Å². The van der Waals surface area contributed by atoms with Gasteiger partial charge in [0, 0.05) is 12.6 Å². The molecule has 0 aromatic carbocycles. The Bertz CT molecular complexity index is 132. The van der Waals surface area contributed by atoms with Crippen LogP contribution in [0.15, 0.2) is 12.7 Å². The van der Waals surface area contributed by atoms with Crippen molar-refractivity contribution in [3.05, 3.63) is 12.7 Å². The maximum absolute atomic E-state index is 5.45. The third-order valence-corrected chi connectivity index (χ3v) is 1.91. The van der Waals surface area contributed by atoms with E-state index >= 15 is 0 Å². The van der Waals surface area contributed by atoms with Gasteiger partial charge < -0.3 is 14.8 Å². The third-order valence-electron chi connectivity index (χ3n) is 1.91. The van der Waals surface area contributed by atoms with Crippen LogP contribution >= 0.6 is 0 Å². The van der Waals surface area contributed by atoms with Crippen molar-refractivity contribution in [1.82, 2.24) is 5.32 Å². The van der Waals surface area contributed by atoms with Crippen LogP contribution in [0.1, 0.15) is 6.92 Å². The molecule has 0 spiro atoms. The number of rotatable bonds is 4. The molecule has 3 heteroatoms. The molecule has 0 aromatic heterocycles. The quantitative estimate of drug-likeness (QED) is 0.627. The Balaban J connectivity index is 2.08. The molecule has 0 amide bonds. The van der Waals surface area contributed by atoms with E-state index in [1.807, 2.05) is 6.08 Å². The van der Waals surface area contributed by atoms with Gasteiger partial charge in [0.05, 0.1) is 25.9 Å². The minimum atomic E-state index is 0.209. The SMILES string of the molecule is C=CC(C)NCC1COCCO1. The zero-order chi connectivity index (χ0) is 8.81. The molecule has 2 atom stereocenters. The molecule has 0 aliphatic carbocycles. The van der Waals surface area contributed by atoms with Gasteiger partial charge >= 0.3 is 0 Å². The van der Waals surface area contributed by atoms with Gasteiger partial charge in [-0.2, -0.15) is 0 Å². The van der Waals surface area contributed by atoms with Crippen LogP contribution in [0.25, 0.3) is 0 Å². The van der Waals surface area contributed by atoms with Crippen LogP contribution in [-0.2, 0) is 9.47 Å². The molecule has 2 unspecified atom stereocenters. The Morgan fingerprint density at radius 2 is 2.50 bits per heavy atom. The van der Waals surface area contributed by atoms with Gasteiger partial charge in [-0.25, -0.2) is 0 Å². The lowest BCUT2D eigenvalue weighted by Crippen LogP contribution is -2.39. The number of ether oxygens (including phenoxy) is 2. The topological polar surface area (TPSA) is 30.5 Å². The molecule has 70 valence electrons. The first-order chi connectivity index (χ1) is 5.83. The van der Waals surface area contributed by atoms with Gasteiger partial charge in [0.1, 0.15) is 0 Å². The molecule has 1 fully saturated rings. The number of hydrogen-bond acceptors (Lipinski definition) is 3. The lowest BCUT2D eigenvalue weighted by molar-refractivity contribution is -0.0866. The van der Waals surface area contributed by atoms with E-state index in [4.69, 9.17) is 9.47 Å². The summed E-state index contributed by atoms with van der Waals surface area (Å²) in [6.45, 7) is 8.75. The van der Waals surface area contributed by atoms with E-state index in [1.54, 1.807) is 0 Å². The summed E-state index contributed by atoms with van der Waals surface area (Å²) >= 11 is 0. The predicted octanol–water partition coefficient (Wildman–Crippen LogP) is 0.566. The van der Waals surface area contributed by atoms with Crippen LogP contribution in [-0.4, -0.2) is 38.5 Å². The van der Waals surface area contributed by atoms with Crippen molar-refractivity contribution in [3.8, 4) is 0 Å². The highest BCUT2D eigenvalue weighted by Crippen LogP contribution is 1.99. The van der Waals surface area contributed by atoms with Gasteiger partial charge in [-0.15, -0.1) is 6.58 Å². The summed E-state index contributed by atoms with van der Waals surface area (Å²) in [6.07, 6.45) is 2.09. The Labute approximate surface area is 73.7 Å². The van der Waals surface area contributed by atoms with Crippen LogP contribution in [0.4, 0.5) is 0 Å². The normalized spacial score (nSPS) is 26.6.